The highest BCUT2D eigenvalue weighted by Gasteiger charge is 2.32. The molecule has 16 heavy (non-hydrogen) atoms. The van der Waals surface area contributed by atoms with Gasteiger partial charge in [0.25, 0.3) is 0 Å². The molecule has 1 heterocycles. The van der Waals surface area contributed by atoms with Gasteiger partial charge in [-0.1, -0.05) is 11.6 Å². The maximum absolute atomic E-state index is 13.4. The van der Waals surface area contributed by atoms with Crippen LogP contribution in [0.25, 0.3) is 0 Å². The molecule has 86 valence electrons. The summed E-state index contributed by atoms with van der Waals surface area (Å²) in [6.45, 7) is 0. The van der Waals surface area contributed by atoms with Crippen molar-refractivity contribution in [1.82, 2.24) is 10.9 Å². The Morgan fingerprint density at radius 2 is 2.19 bits per heavy atom. The van der Waals surface area contributed by atoms with Crippen LogP contribution in [0.2, 0.25) is 5.02 Å². The normalized spacial score (nSPS) is 24.1. The molecule has 0 radical (unpaired) electrons. The molecule has 0 saturated carbocycles. The molecule has 0 amide bonds. The summed E-state index contributed by atoms with van der Waals surface area (Å²) in [5.41, 5.74) is 16.8. The third-order valence-electron chi connectivity index (χ3n) is 2.10. The fourth-order valence-corrected chi connectivity index (χ4v) is 1.75. The number of nitrogens with zero attached hydrogens (tertiary/aromatic N) is 1. The number of hydrogen-bond acceptors (Lipinski definition) is 5. The zero-order chi connectivity index (χ0) is 11.9. The molecule has 8 heteroatoms. The molecule has 0 bridgehead atoms. The zero-order valence-corrected chi connectivity index (χ0v) is 10.2. The molecule has 0 spiro atoms. The number of hydrazine groups is 1. The molecule has 0 aromatic heterocycles. The highest BCUT2D eigenvalue weighted by atomic mass is 79.9. The van der Waals surface area contributed by atoms with Gasteiger partial charge in [-0.2, -0.15) is 5.43 Å². The molecule has 0 saturated heterocycles. The van der Waals surface area contributed by atoms with Gasteiger partial charge in [-0.15, -0.1) is 0 Å². The molecule has 6 N–H and O–H groups in total. The molecule has 2 rings (SSSR count). The van der Waals surface area contributed by atoms with Gasteiger partial charge in [0.15, 0.2) is 0 Å². The van der Waals surface area contributed by atoms with Crippen LogP contribution in [0.4, 0.5) is 4.39 Å². The van der Waals surface area contributed by atoms with Gasteiger partial charge in [-0.05, 0) is 28.1 Å². The predicted octanol–water partition coefficient (Wildman–Crippen LogP) is 0.733. The molecule has 0 aliphatic carbocycles. The number of aliphatic imine (C=N–C) groups is 1. The lowest BCUT2D eigenvalue weighted by Gasteiger charge is -2.21. The minimum atomic E-state index is -1.31. The van der Waals surface area contributed by atoms with Gasteiger partial charge >= 0.3 is 0 Å². The summed E-state index contributed by atoms with van der Waals surface area (Å²) >= 11 is 8.83. The summed E-state index contributed by atoms with van der Waals surface area (Å²) in [5, 5.41) is 0.210. The Bertz CT molecular complexity index is 456. The van der Waals surface area contributed by atoms with E-state index in [1.54, 1.807) is 0 Å². The molecular weight excluding hydrogens is 300 g/mol. The van der Waals surface area contributed by atoms with Gasteiger partial charge in [0.05, 0.1) is 9.50 Å². The number of nitrogens with one attached hydrogen (secondary N) is 2. The fourth-order valence-electron chi connectivity index (χ4n) is 1.32. The van der Waals surface area contributed by atoms with Crippen molar-refractivity contribution in [3.8, 4) is 0 Å². The average Bonchev–Trinajstić information content (AvgIpc) is 2.56. The van der Waals surface area contributed by atoms with E-state index >= 15 is 0 Å². The highest BCUT2D eigenvalue weighted by molar-refractivity contribution is 9.10. The van der Waals surface area contributed by atoms with Crippen molar-refractivity contribution < 1.29 is 4.39 Å². The summed E-state index contributed by atoms with van der Waals surface area (Å²) in [7, 11) is 0. The molecule has 1 unspecified atom stereocenters. The van der Waals surface area contributed by atoms with E-state index in [2.05, 4.69) is 31.8 Å². The van der Waals surface area contributed by atoms with Crippen LogP contribution in [-0.4, -0.2) is 5.96 Å². The van der Waals surface area contributed by atoms with Gasteiger partial charge in [0, 0.05) is 5.56 Å². The third-order valence-corrected chi connectivity index (χ3v) is 3.43. The van der Waals surface area contributed by atoms with Crippen molar-refractivity contribution in [1.29, 1.82) is 0 Å². The summed E-state index contributed by atoms with van der Waals surface area (Å²) in [4.78, 5) is 3.91. The van der Waals surface area contributed by atoms with Gasteiger partial charge in [0.1, 0.15) is 5.82 Å². The Hall–Kier alpha value is -0.890. The quantitative estimate of drug-likeness (QED) is 0.576. The highest BCUT2D eigenvalue weighted by Crippen LogP contribution is 2.30. The summed E-state index contributed by atoms with van der Waals surface area (Å²) in [6, 6.07) is 2.73. The van der Waals surface area contributed by atoms with E-state index in [0.717, 1.165) is 0 Å². The number of guanidine groups is 1. The number of halogens is 3. The third kappa shape index (κ3) is 1.86. The number of benzene rings is 1. The average molecular weight is 309 g/mol. The van der Waals surface area contributed by atoms with Crippen molar-refractivity contribution in [2.24, 2.45) is 16.5 Å². The topological polar surface area (TPSA) is 88.5 Å². The van der Waals surface area contributed by atoms with Crippen molar-refractivity contribution in [2.45, 2.75) is 5.79 Å². The Balaban J connectivity index is 2.50. The molecular formula is C8H8BrClFN5. The van der Waals surface area contributed by atoms with Crippen LogP contribution < -0.4 is 22.3 Å². The van der Waals surface area contributed by atoms with Gasteiger partial charge in [0.2, 0.25) is 11.7 Å². The molecule has 5 nitrogen and oxygen atoms in total. The Kier molecular flexibility index (Phi) is 2.79. The lowest BCUT2D eigenvalue weighted by Crippen LogP contribution is -2.50. The number of nitrogens with two attached hydrogens (primary N) is 2. The van der Waals surface area contributed by atoms with Crippen LogP contribution >= 0.6 is 27.5 Å². The largest absolute Gasteiger partial charge is 0.369 e. The van der Waals surface area contributed by atoms with E-state index in [0.29, 0.717) is 5.56 Å². The molecule has 0 fully saturated rings. The molecule has 1 aromatic rings. The number of hydrogen-bond donors (Lipinski definition) is 4. The minimum absolute atomic E-state index is 0.127. The maximum Gasteiger partial charge on any atom is 0.209 e. The van der Waals surface area contributed by atoms with Crippen LogP contribution in [0.1, 0.15) is 5.56 Å². The second kappa shape index (κ2) is 3.85. The first-order valence-corrected chi connectivity index (χ1v) is 5.42. The van der Waals surface area contributed by atoms with Crippen molar-refractivity contribution in [2.75, 3.05) is 0 Å². The summed E-state index contributed by atoms with van der Waals surface area (Å²) < 4.78 is 13.6. The van der Waals surface area contributed by atoms with Crippen LogP contribution in [0.3, 0.4) is 0 Å². The molecule has 1 aliphatic heterocycles. The van der Waals surface area contributed by atoms with Crippen molar-refractivity contribution >= 4 is 33.5 Å². The van der Waals surface area contributed by atoms with Gasteiger partial charge in [-0.25, -0.2) is 9.38 Å². The second-order valence-corrected chi connectivity index (χ2v) is 4.47. The van der Waals surface area contributed by atoms with Crippen molar-refractivity contribution in [3.05, 3.63) is 33.0 Å². The van der Waals surface area contributed by atoms with Crippen molar-refractivity contribution in [3.63, 3.8) is 0 Å². The van der Waals surface area contributed by atoms with E-state index in [9.17, 15) is 4.39 Å². The van der Waals surface area contributed by atoms with E-state index in [-0.39, 0.29) is 15.5 Å². The molecule has 1 aliphatic rings. The minimum Gasteiger partial charge on any atom is -0.369 e. The maximum atomic E-state index is 13.4. The Morgan fingerprint density at radius 3 is 2.69 bits per heavy atom. The van der Waals surface area contributed by atoms with Crippen LogP contribution in [0, 0.1) is 5.82 Å². The van der Waals surface area contributed by atoms with Gasteiger partial charge in [-0.3, -0.25) is 11.2 Å². The smallest absolute Gasteiger partial charge is 0.209 e. The summed E-state index contributed by atoms with van der Waals surface area (Å²) in [5.74, 6) is -1.70. The molecule has 1 aromatic carbocycles. The first-order chi connectivity index (χ1) is 7.42. The lowest BCUT2D eigenvalue weighted by molar-refractivity contribution is 0.373. The standard InChI is InChI=1S/C8H8BrClFN5/c9-6-4(10)1-3(2-5(6)11)8(13)14-7(12)15-16-8/h1-2,16H,13H2,(H3,12,14,15). The van der Waals surface area contributed by atoms with Gasteiger partial charge < -0.3 is 5.73 Å². The molecule has 1 atom stereocenters. The Labute approximate surface area is 104 Å². The fraction of sp³-hybridized carbons (Fsp3) is 0.125. The Morgan fingerprint density at radius 1 is 1.50 bits per heavy atom. The lowest BCUT2D eigenvalue weighted by atomic mass is 10.1. The van der Waals surface area contributed by atoms with Crippen LogP contribution in [0.15, 0.2) is 21.6 Å². The number of rotatable bonds is 1. The second-order valence-electron chi connectivity index (χ2n) is 3.27. The zero-order valence-electron chi connectivity index (χ0n) is 7.89. The summed E-state index contributed by atoms with van der Waals surface area (Å²) in [6.07, 6.45) is 0. The van der Waals surface area contributed by atoms with E-state index in [1.165, 1.54) is 12.1 Å². The van der Waals surface area contributed by atoms with Crippen LogP contribution in [0.5, 0.6) is 0 Å². The monoisotopic (exact) mass is 307 g/mol. The SMILES string of the molecule is NC1=NC(N)(c2cc(F)c(Br)c(Cl)c2)NN1. The van der Waals surface area contributed by atoms with E-state index in [1.807, 2.05) is 0 Å². The first kappa shape index (κ1) is 11.6. The first-order valence-electron chi connectivity index (χ1n) is 4.25. The van der Waals surface area contributed by atoms with Crippen LogP contribution in [-0.2, 0) is 5.79 Å². The van der Waals surface area contributed by atoms with E-state index in [4.69, 9.17) is 23.1 Å². The van der Waals surface area contributed by atoms with E-state index < -0.39 is 11.6 Å². The predicted molar refractivity (Wildman–Crippen MR) is 62.9 cm³/mol.